The van der Waals surface area contributed by atoms with Gasteiger partial charge in [0.1, 0.15) is 11.8 Å². The highest BCUT2D eigenvalue weighted by Gasteiger charge is 2.52. The summed E-state index contributed by atoms with van der Waals surface area (Å²) in [5, 5.41) is 3.00. The number of hydrogen-bond donors (Lipinski definition) is 1. The molecule has 2 amide bonds. The van der Waals surface area contributed by atoms with E-state index < -0.39 is 6.04 Å². The fourth-order valence-electron chi connectivity index (χ4n) is 3.50. The smallest absolute Gasteiger partial charge is 0.248 e. The Balaban J connectivity index is 1.85. The predicted octanol–water partition coefficient (Wildman–Crippen LogP) is 3.39. The molecule has 0 unspecified atom stereocenters. The van der Waals surface area contributed by atoms with Crippen LogP contribution in [0.2, 0.25) is 0 Å². The minimum atomic E-state index is -0.423. The number of nitrogens with zero attached hydrogens (tertiary/aromatic N) is 1. The summed E-state index contributed by atoms with van der Waals surface area (Å²) >= 11 is 1.70. The first-order valence-electron chi connectivity index (χ1n) is 8.61. The summed E-state index contributed by atoms with van der Waals surface area (Å²) in [4.78, 5) is 26.7. The lowest BCUT2D eigenvalue weighted by molar-refractivity contribution is -0.135. The third-order valence-corrected chi connectivity index (χ3v) is 6.58. The van der Waals surface area contributed by atoms with Gasteiger partial charge in [0.25, 0.3) is 0 Å². The molecule has 136 valence electrons. The molecular formula is C19H26N2O3S. The van der Waals surface area contributed by atoms with E-state index in [1.807, 2.05) is 18.2 Å². The average molecular weight is 362 g/mol. The van der Waals surface area contributed by atoms with Crippen molar-refractivity contribution in [3.8, 4) is 5.75 Å². The van der Waals surface area contributed by atoms with Gasteiger partial charge in [0, 0.05) is 12.2 Å². The van der Waals surface area contributed by atoms with Gasteiger partial charge in [0.05, 0.1) is 17.7 Å². The number of hydrogen-bond acceptors (Lipinski definition) is 4. The van der Waals surface area contributed by atoms with Crippen LogP contribution in [0.15, 0.2) is 18.2 Å². The largest absolute Gasteiger partial charge is 0.495 e. The minimum Gasteiger partial charge on any atom is -0.495 e. The van der Waals surface area contributed by atoms with Crippen LogP contribution in [0.25, 0.3) is 0 Å². The van der Waals surface area contributed by atoms with E-state index in [9.17, 15) is 9.59 Å². The van der Waals surface area contributed by atoms with Crippen LogP contribution in [0.4, 0.5) is 5.69 Å². The first-order valence-corrected chi connectivity index (χ1v) is 9.60. The van der Waals surface area contributed by atoms with E-state index in [-0.39, 0.29) is 22.1 Å². The number of anilines is 1. The second kappa shape index (κ2) is 6.24. The molecule has 0 saturated carbocycles. The first kappa shape index (κ1) is 18.1. The van der Waals surface area contributed by atoms with Gasteiger partial charge in [-0.25, -0.2) is 0 Å². The van der Waals surface area contributed by atoms with Gasteiger partial charge in [-0.15, -0.1) is 11.8 Å². The number of fused-ring (bicyclic) bond motifs is 1. The van der Waals surface area contributed by atoms with Gasteiger partial charge in [-0.05, 0) is 36.5 Å². The zero-order chi connectivity index (χ0) is 18.4. The molecule has 0 aromatic heterocycles. The monoisotopic (exact) mass is 362 g/mol. The van der Waals surface area contributed by atoms with Crippen molar-refractivity contribution in [3.05, 3.63) is 23.8 Å². The zero-order valence-corrected chi connectivity index (χ0v) is 16.3. The molecule has 0 bridgehead atoms. The number of benzene rings is 1. The maximum absolute atomic E-state index is 12.9. The molecule has 2 heterocycles. The zero-order valence-electron chi connectivity index (χ0n) is 15.5. The molecule has 3 rings (SSSR count). The van der Waals surface area contributed by atoms with Crippen LogP contribution < -0.4 is 10.1 Å². The van der Waals surface area contributed by atoms with Crippen LogP contribution in [-0.4, -0.2) is 40.5 Å². The molecule has 1 aromatic carbocycles. The van der Waals surface area contributed by atoms with Crippen molar-refractivity contribution in [3.63, 3.8) is 0 Å². The summed E-state index contributed by atoms with van der Waals surface area (Å²) in [6.45, 7) is 8.43. The molecule has 5 nitrogen and oxygen atoms in total. The summed E-state index contributed by atoms with van der Waals surface area (Å²) in [6.07, 6.45) is 1.33. The van der Waals surface area contributed by atoms with E-state index in [1.54, 1.807) is 23.8 Å². The van der Waals surface area contributed by atoms with Crippen LogP contribution in [0.3, 0.4) is 0 Å². The van der Waals surface area contributed by atoms with E-state index in [4.69, 9.17) is 4.74 Å². The van der Waals surface area contributed by atoms with E-state index in [0.717, 1.165) is 12.0 Å². The van der Waals surface area contributed by atoms with Crippen LogP contribution >= 0.6 is 11.8 Å². The van der Waals surface area contributed by atoms with E-state index in [1.165, 1.54) is 0 Å². The van der Waals surface area contributed by atoms with Crippen LogP contribution in [-0.2, 0) is 15.0 Å². The Morgan fingerprint density at radius 1 is 1.40 bits per heavy atom. The molecule has 2 fully saturated rings. The SMILES string of the molecule is COc1ccc(C(C)(C)C)cc1NC(=O)[C@@H]1CS[C@@]2(C)CCC(=O)N12. The lowest BCUT2D eigenvalue weighted by atomic mass is 9.87. The van der Waals surface area contributed by atoms with Crippen molar-refractivity contribution in [1.82, 2.24) is 4.90 Å². The Kier molecular flexibility index (Phi) is 4.52. The molecule has 2 atom stereocenters. The molecule has 1 N–H and O–H groups in total. The molecule has 6 heteroatoms. The van der Waals surface area contributed by atoms with Crippen LogP contribution in [0, 0.1) is 0 Å². The highest BCUT2D eigenvalue weighted by atomic mass is 32.2. The van der Waals surface area contributed by atoms with Crippen molar-refractivity contribution in [2.45, 2.75) is 56.9 Å². The molecule has 2 saturated heterocycles. The standard InChI is InChI=1S/C19H26N2O3S/c1-18(2,3)12-6-7-15(24-5)13(10-12)20-17(23)14-11-25-19(4)9-8-16(22)21(14)19/h6-7,10,14H,8-9,11H2,1-5H3,(H,20,23)/t14-,19-/m0/s1. The Morgan fingerprint density at radius 3 is 2.76 bits per heavy atom. The maximum Gasteiger partial charge on any atom is 0.248 e. The van der Waals surface area contributed by atoms with Crippen molar-refractivity contribution < 1.29 is 14.3 Å². The third-order valence-electron chi connectivity index (χ3n) is 5.07. The van der Waals surface area contributed by atoms with Crippen molar-refractivity contribution in [1.29, 1.82) is 0 Å². The lowest BCUT2D eigenvalue weighted by Gasteiger charge is -2.30. The number of rotatable bonds is 3. The molecule has 0 aliphatic carbocycles. The van der Waals surface area contributed by atoms with Gasteiger partial charge in [0.15, 0.2) is 0 Å². The second-order valence-corrected chi connectivity index (χ2v) is 9.42. The predicted molar refractivity (Wildman–Crippen MR) is 101 cm³/mol. The minimum absolute atomic E-state index is 0.0293. The van der Waals surface area contributed by atoms with Gasteiger partial charge in [-0.1, -0.05) is 26.8 Å². The Labute approximate surface area is 153 Å². The number of carbonyl (C=O) groups excluding carboxylic acids is 2. The Morgan fingerprint density at radius 2 is 2.12 bits per heavy atom. The fraction of sp³-hybridized carbons (Fsp3) is 0.579. The summed E-state index contributed by atoms with van der Waals surface area (Å²) in [7, 11) is 1.59. The third kappa shape index (κ3) is 3.24. The number of thioether (sulfide) groups is 1. The molecule has 0 radical (unpaired) electrons. The Hall–Kier alpha value is -1.69. The van der Waals surface area contributed by atoms with Gasteiger partial charge < -0.3 is 15.0 Å². The fourth-order valence-corrected chi connectivity index (χ4v) is 4.93. The lowest BCUT2D eigenvalue weighted by Crippen LogP contribution is -2.48. The van der Waals surface area contributed by atoms with Gasteiger partial charge >= 0.3 is 0 Å². The van der Waals surface area contributed by atoms with Crippen LogP contribution in [0.5, 0.6) is 5.75 Å². The number of nitrogens with one attached hydrogen (secondary N) is 1. The molecular weight excluding hydrogens is 336 g/mol. The Bertz CT molecular complexity index is 713. The second-order valence-electron chi connectivity index (χ2n) is 7.92. The average Bonchev–Trinajstić information content (AvgIpc) is 3.03. The highest BCUT2D eigenvalue weighted by Crippen LogP contribution is 2.47. The van der Waals surface area contributed by atoms with Crippen molar-refractivity contribution in [2.75, 3.05) is 18.2 Å². The van der Waals surface area contributed by atoms with Crippen LogP contribution in [0.1, 0.15) is 46.1 Å². The van der Waals surface area contributed by atoms with E-state index >= 15 is 0 Å². The van der Waals surface area contributed by atoms with Gasteiger partial charge in [-0.3, -0.25) is 9.59 Å². The highest BCUT2D eigenvalue weighted by molar-refractivity contribution is 8.01. The number of ether oxygens (including phenoxy) is 1. The molecule has 2 aliphatic heterocycles. The summed E-state index contributed by atoms with van der Waals surface area (Å²) < 4.78 is 5.40. The topological polar surface area (TPSA) is 58.6 Å². The molecule has 25 heavy (non-hydrogen) atoms. The first-order chi connectivity index (χ1) is 11.7. The summed E-state index contributed by atoms with van der Waals surface area (Å²) in [5.41, 5.74) is 1.75. The van der Waals surface area contributed by atoms with Crippen molar-refractivity contribution >= 4 is 29.3 Å². The van der Waals surface area contributed by atoms with E-state index in [0.29, 0.717) is 23.6 Å². The van der Waals surface area contributed by atoms with E-state index in [2.05, 4.69) is 33.0 Å². The summed E-state index contributed by atoms with van der Waals surface area (Å²) in [5.74, 6) is 1.19. The number of amides is 2. The van der Waals surface area contributed by atoms with Gasteiger partial charge in [-0.2, -0.15) is 0 Å². The summed E-state index contributed by atoms with van der Waals surface area (Å²) in [6, 6.07) is 5.43. The quantitative estimate of drug-likeness (QED) is 0.895. The maximum atomic E-state index is 12.9. The van der Waals surface area contributed by atoms with Gasteiger partial charge in [0.2, 0.25) is 11.8 Å². The molecule has 1 aromatic rings. The molecule has 0 spiro atoms. The number of methoxy groups -OCH3 is 1. The molecule has 2 aliphatic rings. The normalized spacial score (nSPS) is 25.9. The van der Waals surface area contributed by atoms with Crippen molar-refractivity contribution in [2.24, 2.45) is 0 Å². The number of carbonyl (C=O) groups is 2.